The van der Waals surface area contributed by atoms with Gasteiger partial charge in [0.05, 0.1) is 11.3 Å². The van der Waals surface area contributed by atoms with Crippen LogP contribution >= 0.6 is 11.6 Å². The molecule has 1 heterocycles. The molecule has 76 valence electrons. The number of pyridine rings is 1. The minimum atomic E-state index is -4.58. The number of hydrogen-bond donors (Lipinski definition) is 1. The zero-order valence-electron chi connectivity index (χ0n) is 6.72. The summed E-state index contributed by atoms with van der Waals surface area (Å²) in [5, 5.41) is 8.09. The third-order valence-corrected chi connectivity index (χ3v) is 1.75. The van der Waals surface area contributed by atoms with Gasteiger partial charge < -0.3 is 5.11 Å². The molecule has 0 unspecified atom stereocenters. The van der Waals surface area contributed by atoms with E-state index in [1.807, 2.05) is 0 Å². The number of alkyl halides is 3. The third-order valence-electron chi connectivity index (χ3n) is 1.45. The van der Waals surface area contributed by atoms with Crippen molar-refractivity contribution in [2.45, 2.75) is 6.18 Å². The summed E-state index contributed by atoms with van der Waals surface area (Å²) in [6.07, 6.45) is -3.18. The standard InChI is InChI=1S/C8H5ClF3NO/c9-6(4-14)5-2-1-3-13-7(5)8(10,11)12/h1-4,14H. The fraction of sp³-hybridized carbons (Fsp3) is 0.125. The Morgan fingerprint density at radius 1 is 1.50 bits per heavy atom. The second kappa shape index (κ2) is 3.88. The van der Waals surface area contributed by atoms with Crippen LogP contribution in [-0.2, 0) is 6.18 Å². The SMILES string of the molecule is OC=C(Cl)c1cccnc1C(F)(F)F. The quantitative estimate of drug-likeness (QED) is 0.742. The first-order valence-corrected chi connectivity index (χ1v) is 3.87. The highest BCUT2D eigenvalue weighted by Gasteiger charge is 2.35. The van der Waals surface area contributed by atoms with E-state index in [1.165, 1.54) is 6.07 Å². The van der Waals surface area contributed by atoms with Crippen molar-refractivity contribution in [2.24, 2.45) is 0 Å². The summed E-state index contributed by atoms with van der Waals surface area (Å²) in [4.78, 5) is 3.16. The fourth-order valence-electron chi connectivity index (χ4n) is 0.893. The molecule has 1 aromatic rings. The van der Waals surface area contributed by atoms with Crippen molar-refractivity contribution < 1.29 is 18.3 Å². The van der Waals surface area contributed by atoms with Crippen molar-refractivity contribution in [1.29, 1.82) is 0 Å². The molecule has 14 heavy (non-hydrogen) atoms. The lowest BCUT2D eigenvalue weighted by Crippen LogP contribution is -2.10. The summed E-state index contributed by atoms with van der Waals surface area (Å²) in [7, 11) is 0. The summed E-state index contributed by atoms with van der Waals surface area (Å²) in [5.41, 5.74) is -1.46. The lowest BCUT2D eigenvalue weighted by molar-refractivity contribution is -0.141. The van der Waals surface area contributed by atoms with Crippen LogP contribution in [0.15, 0.2) is 24.6 Å². The Balaban J connectivity index is 3.31. The molecule has 0 aliphatic carbocycles. The topological polar surface area (TPSA) is 33.1 Å². The molecule has 0 bridgehead atoms. The summed E-state index contributed by atoms with van der Waals surface area (Å²) in [6.45, 7) is 0. The zero-order valence-corrected chi connectivity index (χ0v) is 7.47. The molecule has 0 atom stereocenters. The molecule has 0 aromatic carbocycles. The van der Waals surface area contributed by atoms with Crippen LogP contribution in [0.2, 0.25) is 0 Å². The van der Waals surface area contributed by atoms with Crippen molar-refractivity contribution in [3.8, 4) is 0 Å². The Morgan fingerprint density at radius 3 is 2.64 bits per heavy atom. The second-order valence-electron chi connectivity index (χ2n) is 2.37. The van der Waals surface area contributed by atoms with E-state index < -0.39 is 16.9 Å². The summed E-state index contributed by atoms with van der Waals surface area (Å²) < 4.78 is 36.9. The summed E-state index contributed by atoms with van der Waals surface area (Å²) in [5.74, 6) is 0. The van der Waals surface area contributed by atoms with Crippen molar-refractivity contribution in [1.82, 2.24) is 4.98 Å². The first-order chi connectivity index (χ1) is 6.46. The molecule has 0 saturated carbocycles. The van der Waals surface area contributed by atoms with Gasteiger partial charge in [-0.25, -0.2) is 0 Å². The summed E-state index contributed by atoms with van der Waals surface area (Å²) in [6, 6.07) is 2.43. The highest BCUT2D eigenvalue weighted by Crippen LogP contribution is 2.33. The van der Waals surface area contributed by atoms with Gasteiger partial charge in [0, 0.05) is 11.8 Å². The molecular weight excluding hydrogens is 219 g/mol. The third kappa shape index (κ3) is 2.17. The lowest BCUT2D eigenvalue weighted by Gasteiger charge is -2.09. The monoisotopic (exact) mass is 223 g/mol. The Labute approximate surface area is 82.7 Å². The van der Waals surface area contributed by atoms with E-state index in [4.69, 9.17) is 16.7 Å². The van der Waals surface area contributed by atoms with E-state index in [1.54, 1.807) is 0 Å². The maximum absolute atomic E-state index is 12.3. The molecule has 0 fully saturated rings. The van der Waals surface area contributed by atoms with Crippen LogP contribution in [0.4, 0.5) is 13.2 Å². The molecular formula is C8H5ClF3NO. The Morgan fingerprint density at radius 2 is 2.14 bits per heavy atom. The fourth-order valence-corrected chi connectivity index (χ4v) is 1.05. The average molecular weight is 224 g/mol. The number of halogens is 4. The predicted molar refractivity (Wildman–Crippen MR) is 45.7 cm³/mol. The Bertz CT molecular complexity index is 362. The van der Waals surface area contributed by atoms with Crippen LogP contribution < -0.4 is 0 Å². The van der Waals surface area contributed by atoms with Crippen LogP contribution in [0.1, 0.15) is 11.3 Å². The van der Waals surface area contributed by atoms with Crippen molar-refractivity contribution in [2.75, 3.05) is 0 Å². The minimum absolute atomic E-state index is 0.343. The molecule has 0 saturated heterocycles. The number of aliphatic hydroxyl groups is 1. The molecule has 1 rings (SSSR count). The second-order valence-corrected chi connectivity index (χ2v) is 2.78. The number of aromatic nitrogens is 1. The molecule has 6 heteroatoms. The van der Waals surface area contributed by atoms with Gasteiger partial charge in [0.25, 0.3) is 0 Å². The molecule has 1 aromatic heterocycles. The molecule has 0 radical (unpaired) electrons. The van der Waals surface area contributed by atoms with E-state index in [2.05, 4.69) is 4.98 Å². The molecule has 0 aliphatic heterocycles. The lowest BCUT2D eigenvalue weighted by atomic mass is 10.2. The first-order valence-electron chi connectivity index (χ1n) is 3.49. The van der Waals surface area contributed by atoms with Gasteiger partial charge in [0.1, 0.15) is 0 Å². The average Bonchev–Trinajstić information content (AvgIpc) is 2.15. The number of nitrogens with zero attached hydrogens (tertiary/aromatic N) is 1. The highest BCUT2D eigenvalue weighted by atomic mass is 35.5. The van der Waals surface area contributed by atoms with Crippen LogP contribution in [-0.4, -0.2) is 10.1 Å². The van der Waals surface area contributed by atoms with Gasteiger partial charge in [0.15, 0.2) is 5.69 Å². The van der Waals surface area contributed by atoms with Crippen LogP contribution in [0.5, 0.6) is 0 Å². The van der Waals surface area contributed by atoms with Gasteiger partial charge in [-0.15, -0.1) is 0 Å². The number of aliphatic hydroxyl groups excluding tert-OH is 1. The first kappa shape index (κ1) is 10.8. The predicted octanol–water partition coefficient (Wildman–Crippen LogP) is 3.20. The van der Waals surface area contributed by atoms with E-state index in [0.29, 0.717) is 6.26 Å². The van der Waals surface area contributed by atoms with Crippen molar-refractivity contribution >= 4 is 16.6 Å². The van der Waals surface area contributed by atoms with Crippen molar-refractivity contribution in [3.05, 3.63) is 35.8 Å². The molecule has 0 amide bonds. The van der Waals surface area contributed by atoms with Gasteiger partial charge in [0.2, 0.25) is 0 Å². The zero-order chi connectivity index (χ0) is 10.8. The largest absolute Gasteiger partial charge is 0.514 e. The van der Waals surface area contributed by atoms with Gasteiger partial charge >= 0.3 is 6.18 Å². The number of rotatable bonds is 1. The Kier molecular flexibility index (Phi) is 3.00. The van der Waals surface area contributed by atoms with Crippen LogP contribution in [0.3, 0.4) is 0 Å². The summed E-state index contributed by atoms with van der Waals surface area (Å²) >= 11 is 5.37. The van der Waals surface area contributed by atoms with E-state index in [0.717, 1.165) is 12.3 Å². The molecule has 1 N–H and O–H groups in total. The smallest absolute Gasteiger partial charge is 0.433 e. The maximum atomic E-state index is 12.3. The molecule has 0 spiro atoms. The highest BCUT2D eigenvalue weighted by molar-refractivity contribution is 6.48. The van der Waals surface area contributed by atoms with E-state index in [-0.39, 0.29) is 5.56 Å². The van der Waals surface area contributed by atoms with Gasteiger partial charge in [-0.1, -0.05) is 11.6 Å². The number of hydrogen-bond acceptors (Lipinski definition) is 2. The minimum Gasteiger partial charge on any atom is -0.514 e. The maximum Gasteiger partial charge on any atom is 0.433 e. The van der Waals surface area contributed by atoms with Gasteiger partial charge in [-0.2, -0.15) is 13.2 Å². The van der Waals surface area contributed by atoms with E-state index >= 15 is 0 Å². The van der Waals surface area contributed by atoms with Gasteiger partial charge in [-0.05, 0) is 12.1 Å². The normalized spacial score (nSPS) is 13.0. The molecule has 2 nitrogen and oxygen atoms in total. The molecule has 0 aliphatic rings. The Hall–Kier alpha value is -1.23. The van der Waals surface area contributed by atoms with Gasteiger partial charge in [-0.3, -0.25) is 4.98 Å². The van der Waals surface area contributed by atoms with E-state index in [9.17, 15) is 13.2 Å². The van der Waals surface area contributed by atoms with Crippen molar-refractivity contribution in [3.63, 3.8) is 0 Å². The van der Waals surface area contributed by atoms with Crippen LogP contribution in [0.25, 0.3) is 5.03 Å². The van der Waals surface area contributed by atoms with Crippen LogP contribution in [0, 0.1) is 0 Å².